The summed E-state index contributed by atoms with van der Waals surface area (Å²) in [6.07, 6.45) is 1.00. The van der Waals surface area contributed by atoms with Crippen molar-refractivity contribution in [2.24, 2.45) is 0 Å². The largest absolute Gasteiger partial charge is 1.00 e. The standard InChI is InChI=1S/C21H36N2O5Si.Li/c1-15-12-16(13-22-17(15)18(24)25)14-23(19(26)28-20(2,3)4)10-11-27-29(8,9)21(5,6)7;/h12-13H,10-11,14H2,1-9H3,(H,24,25);/q;+1/p-1. The van der Waals surface area contributed by atoms with E-state index in [2.05, 4.69) is 38.8 Å². The first-order chi connectivity index (χ1) is 13.0. The molecule has 0 atom stereocenters. The number of aromatic carboxylic acids is 1. The minimum absolute atomic E-state index is 0. The normalized spacial score (nSPS) is 12.2. The van der Waals surface area contributed by atoms with Gasteiger partial charge in [-0.05, 0) is 57.0 Å². The van der Waals surface area contributed by atoms with Crippen LogP contribution in [0.25, 0.3) is 0 Å². The van der Waals surface area contributed by atoms with Crippen LogP contribution < -0.4 is 24.0 Å². The maximum absolute atomic E-state index is 12.7. The van der Waals surface area contributed by atoms with Gasteiger partial charge in [-0.3, -0.25) is 4.98 Å². The summed E-state index contributed by atoms with van der Waals surface area (Å²) in [6.45, 7) is 18.9. The van der Waals surface area contributed by atoms with E-state index in [1.165, 1.54) is 6.20 Å². The number of hydrogen-bond donors (Lipinski definition) is 0. The summed E-state index contributed by atoms with van der Waals surface area (Å²) < 4.78 is 11.7. The number of carboxylic acid groups (broad SMARTS) is 1. The third-order valence-electron chi connectivity index (χ3n) is 4.98. The number of nitrogens with zero attached hydrogens (tertiary/aromatic N) is 2. The van der Waals surface area contributed by atoms with Crippen LogP contribution in [0.2, 0.25) is 18.1 Å². The van der Waals surface area contributed by atoms with Crippen LogP contribution in [0.1, 0.15) is 63.2 Å². The number of pyridine rings is 1. The number of carbonyl (C=O) groups is 2. The molecule has 1 aromatic rings. The van der Waals surface area contributed by atoms with Crippen LogP contribution in [0, 0.1) is 6.92 Å². The zero-order chi connectivity index (χ0) is 22.6. The van der Waals surface area contributed by atoms with Gasteiger partial charge >= 0.3 is 25.0 Å². The molecule has 0 saturated carbocycles. The smallest absolute Gasteiger partial charge is 0.543 e. The average molecular weight is 431 g/mol. The van der Waals surface area contributed by atoms with Crippen LogP contribution in [0.4, 0.5) is 4.79 Å². The maximum atomic E-state index is 12.7. The number of aryl methyl sites for hydroxylation is 1. The van der Waals surface area contributed by atoms with Crippen molar-refractivity contribution in [2.75, 3.05) is 13.2 Å². The van der Waals surface area contributed by atoms with Crippen molar-refractivity contribution in [2.45, 2.75) is 78.7 Å². The molecule has 0 aliphatic heterocycles. The molecule has 0 fully saturated rings. The average Bonchev–Trinajstić information content (AvgIpc) is 2.50. The summed E-state index contributed by atoms with van der Waals surface area (Å²) in [5.74, 6) is -1.32. The molecule has 1 amide bonds. The van der Waals surface area contributed by atoms with Gasteiger partial charge in [-0.1, -0.05) is 26.8 Å². The Hall–Kier alpha value is -1.34. The molecular weight excluding hydrogens is 395 g/mol. The van der Waals surface area contributed by atoms with Gasteiger partial charge in [0.25, 0.3) is 0 Å². The van der Waals surface area contributed by atoms with E-state index in [9.17, 15) is 14.7 Å². The summed E-state index contributed by atoms with van der Waals surface area (Å²) in [5, 5.41) is 11.1. The summed E-state index contributed by atoms with van der Waals surface area (Å²) in [5.41, 5.74) is 0.483. The number of aromatic nitrogens is 1. The van der Waals surface area contributed by atoms with E-state index < -0.39 is 26.0 Å². The van der Waals surface area contributed by atoms with E-state index in [0.29, 0.717) is 24.3 Å². The maximum Gasteiger partial charge on any atom is 1.00 e. The van der Waals surface area contributed by atoms with E-state index in [4.69, 9.17) is 9.16 Å². The molecule has 9 heteroatoms. The monoisotopic (exact) mass is 430 g/mol. The van der Waals surface area contributed by atoms with Gasteiger partial charge < -0.3 is 24.0 Å². The number of ether oxygens (including phenoxy) is 1. The number of rotatable bonds is 7. The topological polar surface area (TPSA) is 91.8 Å². The van der Waals surface area contributed by atoms with Gasteiger partial charge in [0.1, 0.15) is 5.60 Å². The zero-order valence-electron chi connectivity index (χ0n) is 20.2. The van der Waals surface area contributed by atoms with E-state index >= 15 is 0 Å². The van der Waals surface area contributed by atoms with Crippen LogP contribution in [0.5, 0.6) is 0 Å². The molecule has 0 N–H and O–H groups in total. The summed E-state index contributed by atoms with van der Waals surface area (Å²) >= 11 is 0. The molecule has 0 unspecified atom stereocenters. The number of amides is 1. The van der Waals surface area contributed by atoms with Crippen molar-refractivity contribution in [3.05, 3.63) is 29.1 Å². The molecule has 0 spiro atoms. The quantitative estimate of drug-likeness (QED) is 0.586. The molecule has 7 nitrogen and oxygen atoms in total. The Morgan fingerprint density at radius 2 is 1.73 bits per heavy atom. The molecule has 0 aliphatic rings. The van der Waals surface area contributed by atoms with Crippen molar-refractivity contribution < 1.29 is 42.7 Å². The molecule has 164 valence electrons. The SMILES string of the molecule is Cc1cc(CN(CCO[Si](C)(C)C(C)(C)C)C(=O)OC(C)(C)C)cnc1C(=O)[O-].[Li+]. The van der Waals surface area contributed by atoms with Crippen molar-refractivity contribution in [1.82, 2.24) is 9.88 Å². The molecule has 1 heterocycles. The van der Waals surface area contributed by atoms with Gasteiger partial charge in [0.15, 0.2) is 8.32 Å². The Labute approximate surface area is 193 Å². The molecule has 1 rings (SSSR count). The minimum Gasteiger partial charge on any atom is -0.543 e. The molecule has 0 aliphatic carbocycles. The first kappa shape index (κ1) is 28.7. The minimum atomic E-state index is -1.94. The molecule has 0 bridgehead atoms. The predicted octanol–water partition coefficient (Wildman–Crippen LogP) is 0.516. The fourth-order valence-electron chi connectivity index (χ4n) is 2.34. The van der Waals surface area contributed by atoms with Crippen LogP contribution in [-0.2, 0) is 15.7 Å². The van der Waals surface area contributed by atoms with E-state index in [1.54, 1.807) is 17.9 Å². The van der Waals surface area contributed by atoms with E-state index in [0.717, 1.165) is 0 Å². The molecular formula is C21H35LiN2O5Si. The second-order valence-electron chi connectivity index (χ2n) is 9.81. The van der Waals surface area contributed by atoms with Gasteiger partial charge in [-0.15, -0.1) is 0 Å². The Kier molecular flexibility index (Phi) is 10.3. The summed E-state index contributed by atoms with van der Waals surface area (Å²) in [4.78, 5) is 29.3. The van der Waals surface area contributed by atoms with Gasteiger partial charge in [-0.2, -0.15) is 0 Å². The molecule has 0 saturated heterocycles. The Morgan fingerprint density at radius 1 is 1.17 bits per heavy atom. The third-order valence-corrected chi connectivity index (χ3v) is 9.52. The zero-order valence-corrected chi connectivity index (χ0v) is 21.2. The Morgan fingerprint density at radius 3 is 2.17 bits per heavy atom. The van der Waals surface area contributed by atoms with Gasteiger partial charge in [-0.25, -0.2) is 4.79 Å². The second kappa shape index (κ2) is 10.8. The van der Waals surface area contributed by atoms with E-state index in [1.807, 2.05) is 20.8 Å². The number of carboxylic acids is 1. The molecule has 0 radical (unpaired) electrons. The van der Waals surface area contributed by atoms with Crippen molar-refractivity contribution >= 4 is 20.4 Å². The fraction of sp³-hybridized carbons (Fsp3) is 0.667. The van der Waals surface area contributed by atoms with Crippen LogP contribution in [0.15, 0.2) is 12.3 Å². The van der Waals surface area contributed by atoms with Crippen molar-refractivity contribution in [3.63, 3.8) is 0 Å². The molecule has 30 heavy (non-hydrogen) atoms. The molecule has 1 aromatic heterocycles. The van der Waals surface area contributed by atoms with Gasteiger partial charge in [0.2, 0.25) is 0 Å². The van der Waals surface area contributed by atoms with Gasteiger partial charge in [0.05, 0.1) is 24.8 Å². The van der Waals surface area contributed by atoms with E-state index in [-0.39, 0.29) is 36.1 Å². The predicted molar refractivity (Wildman–Crippen MR) is 113 cm³/mol. The van der Waals surface area contributed by atoms with Crippen LogP contribution in [-0.4, -0.2) is 49.0 Å². The first-order valence-electron chi connectivity index (χ1n) is 9.82. The van der Waals surface area contributed by atoms with Crippen LogP contribution >= 0.6 is 0 Å². The van der Waals surface area contributed by atoms with Gasteiger partial charge in [0, 0.05) is 12.7 Å². The first-order valence-corrected chi connectivity index (χ1v) is 12.7. The summed E-state index contributed by atoms with van der Waals surface area (Å²) in [6, 6.07) is 1.70. The number of carbonyl (C=O) groups excluding carboxylic acids is 2. The van der Waals surface area contributed by atoms with Crippen LogP contribution in [0.3, 0.4) is 0 Å². The summed E-state index contributed by atoms with van der Waals surface area (Å²) in [7, 11) is -1.94. The molecule has 0 aromatic carbocycles. The Bertz CT molecular complexity index is 742. The Balaban J connectivity index is 0.00000841. The van der Waals surface area contributed by atoms with Crippen molar-refractivity contribution in [1.29, 1.82) is 0 Å². The fourth-order valence-corrected chi connectivity index (χ4v) is 3.38. The number of hydrogen-bond acceptors (Lipinski definition) is 6. The second-order valence-corrected chi connectivity index (χ2v) is 14.6. The van der Waals surface area contributed by atoms with Crippen molar-refractivity contribution in [3.8, 4) is 0 Å². The third kappa shape index (κ3) is 8.80.